The lowest BCUT2D eigenvalue weighted by Crippen LogP contribution is -2.17. The first-order valence-electron chi connectivity index (χ1n) is 16.2. The molecule has 3 nitrogen and oxygen atoms in total. The average molecular weight is 601 g/mol. The molecule has 0 amide bonds. The highest BCUT2D eigenvalue weighted by Crippen LogP contribution is 2.16. The van der Waals surface area contributed by atoms with Gasteiger partial charge in [-0.3, -0.25) is 4.18 Å². The second-order valence-electron chi connectivity index (χ2n) is 12.6. The van der Waals surface area contributed by atoms with E-state index in [4.69, 9.17) is 4.18 Å². The van der Waals surface area contributed by atoms with Crippen LogP contribution >= 0.6 is 0 Å². The SMILES string of the molecule is CC(C)=CCCC(C)=CCCC(C)=CCCC(C)=CCC/C(C)=C/CCC(C)=CCC/C(C)=C/COS(=O)(=O)C(C)C. The topological polar surface area (TPSA) is 43.4 Å². The van der Waals surface area contributed by atoms with Gasteiger partial charge in [0.25, 0.3) is 10.1 Å². The average Bonchev–Trinajstić information content (AvgIpc) is 2.88. The maximum absolute atomic E-state index is 11.7. The molecule has 240 valence electrons. The Morgan fingerprint density at radius 1 is 0.476 bits per heavy atom. The van der Waals surface area contributed by atoms with Crippen LogP contribution in [0, 0.1) is 0 Å². The highest BCUT2D eigenvalue weighted by atomic mass is 32.2. The summed E-state index contributed by atoms with van der Waals surface area (Å²) in [5.74, 6) is 0. The molecule has 0 saturated carbocycles. The molecule has 0 spiro atoms. The fourth-order valence-corrected chi connectivity index (χ4v) is 4.87. The fourth-order valence-electron chi connectivity index (χ4n) is 4.34. The predicted molar refractivity (Wildman–Crippen MR) is 187 cm³/mol. The van der Waals surface area contributed by atoms with Crippen LogP contribution in [-0.2, 0) is 14.3 Å². The van der Waals surface area contributed by atoms with Gasteiger partial charge in [-0.15, -0.1) is 0 Å². The van der Waals surface area contributed by atoms with Crippen molar-refractivity contribution in [2.75, 3.05) is 6.61 Å². The van der Waals surface area contributed by atoms with Gasteiger partial charge in [-0.25, -0.2) is 0 Å². The van der Waals surface area contributed by atoms with E-state index >= 15 is 0 Å². The minimum atomic E-state index is -3.44. The number of rotatable bonds is 22. The largest absolute Gasteiger partial charge is 0.269 e. The zero-order chi connectivity index (χ0) is 32.0. The van der Waals surface area contributed by atoms with Gasteiger partial charge in [0.15, 0.2) is 0 Å². The minimum Gasteiger partial charge on any atom is -0.266 e. The highest BCUT2D eigenvalue weighted by molar-refractivity contribution is 7.87. The Labute approximate surface area is 261 Å². The van der Waals surface area contributed by atoms with Crippen LogP contribution < -0.4 is 0 Å². The Morgan fingerprint density at radius 3 is 1.00 bits per heavy atom. The summed E-state index contributed by atoms with van der Waals surface area (Å²) in [7, 11) is -3.44. The first kappa shape index (κ1) is 40.1. The molecule has 4 heteroatoms. The quantitative estimate of drug-likeness (QED) is 0.0917. The Morgan fingerprint density at radius 2 is 0.738 bits per heavy atom. The molecule has 42 heavy (non-hydrogen) atoms. The van der Waals surface area contributed by atoms with E-state index in [-0.39, 0.29) is 6.61 Å². The minimum absolute atomic E-state index is 0.125. The van der Waals surface area contributed by atoms with Gasteiger partial charge in [0.2, 0.25) is 0 Å². The summed E-state index contributed by atoms with van der Waals surface area (Å²) in [5, 5.41) is -0.507. The normalized spacial score (nSPS) is 14.6. The van der Waals surface area contributed by atoms with Gasteiger partial charge >= 0.3 is 0 Å². The molecule has 0 fully saturated rings. The van der Waals surface area contributed by atoms with Gasteiger partial charge in [-0.1, -0.05) is 81.5 Å². The Bertz CT molecular complexity index is 1090. The Kier molecular flexibility index (Phi) is 22.5. The van der Waals surface area contributed by atoms with Crippen LogP contribution in [-0.4, -0.2) is 20.3 Å². The Balaban J connectivity index is 4.23. The van der Waals surface area contributed by atoms with Gasteiger partial charge in [0.05, 0.1) is 11.9 Å². The van der Waals surface area contributed by atoms with Gasteiger partial charge in [0, 0.05) is 0 Å². The molecular weight excluding hydrogens is 536 g/mol. The van der Waals surface area contributed by atoms with Crippen LogP contribution in [0.5, 0.6) is 0 Å². The molecule has 0 aliphatic carbocycles. The predicted octanol–water partition coefficient (Wildman–Crippen LogP) is 12.1. The third-order valence-electron chi connectivity index (χ3n) is 7.49. The molecule has 0 aromatic carbocycles. The fraction of sp³-hybridized carbons (Fsp3) is 0.632. The van der Waals surface area contributed by atoms with Crippen molar-refractivity contribution in [2.45, 2.75) is 152 Å². The van der Waals surface area contributed by atoms with Crippen LogP contribution in [0.15, 0.2) is 81.5 Å². The molecule has 0 atom stereocenters. The van der Waals surface area contributed by atoms with Crippen LogP contribution in [0.2, 0.25) is 0 Å². The van der Waals surface area contributed by atoms with Crippen molar-refractivity contribution in [3.05, 3.63) is 81.5 Å². The standard InChI is InChI=1S/C38H64O3S/c1-31(2)17-11-18-33(5)19-12-20-34(6)21-13-22-35(7)23-14-24-36(8)25-15-26-37(9)27-16-28-38(10)29-30-41-42(39,40)32(3)4/h17,19,21,23,25,27,29,32H,11-16,18,20,22,24,26,28,30H2,1-10H3/b33-19?,34-21?,35-23?,36-25+,37-27?,38-29+. The molecular formula is C38H64O3S. The molecule has 0 radical (unpaired) electrons. The third-order valence-corrected chi connectivity index (χ3v) is 9.11. The lowest BCUT2D eigenvalue weighted by Gasteiger charge is -2.06. The molecule has 0 unspecified atom stereocenters. The number of allylic oxidation sites excluding steroid dienone is 13. The smallest absolute Gasteiger partial charge is 0.266 e. The van der Waals surface area contributed by atoms with E-state index in [0.717, 1.165) is 69.8 Å². The molecule has 0 aromatic rings. The van der Waals surface area contributed by atoms with Crippen molar-refractivity contribution in [3.63, 3.8) is 0 Å². The maximum atomic E-state index is 11.7. The summed E-state index contributed by atoms with van der Waals surface area (Å²) in [6, 6.07) is 0. The zero-order valence-corrected chi connectivity index (χ0v) is 29.8. The van der Waals surface area contributed by atoms with E-state index in [0.29, 0.717) is 0 Å². The van der Waals surface area contributed by atoms with Crippen molar-refractivity contribution in [3.8, 4) is 0 Å². The molecule has 0 heterocycles. The molecule has 0 aromatic heterocycles. The van der Waals surface area contributed by atoms with E-state index in [1.807, 2.05) is 13.0 Å². The van der Waals surface area contributed by atoms with E-state index in [1.54, 1.807) is 13.8 Å². The second kappa shape index (κ2) is 23.5. The van der Waals surface area contributed by atoms with Gasteiger partial charge < -0.3 is 0 Å². The maximum Gasteiger partial charge on any atom is 0.269 e. The summed E-state index contributed by atoms with van der Waals surface area (Å²) in [6.07, 6.45) is 29.4. The van der Waals surface area contributed by atoms with Crippen molar-refractivity contribution in [1.29, 1.82) is 0 Å². The summed E-state index contributed by atoms with van der Waals surface area (Å²) < 4.78 is 28.4. The monoisotopic (exact) mass is 600 g/mol. The molecule has 0 N–H and O–H groups in total. The van der Waals surface area contributed by atoms with Crippen LogP contribution in [0.1, 0.15) is 146 Å². The lowest BCUT2D eigenvalue weighted by molar-refractivity contribution is 0.351. The van der Waals surface area contributed by atoms with Crippen molar-refractivity contribution >= 4 is 10.1 Å². The van der Waals surface area contributed by atoms with Crippen molar-refractivity contribution in [2.24, 2.45) is 0 Å². The molecule has 0 bridgehead atoms. The van der Waals surface area contributed by atoms with Crippen LogP contribution in [0.4, 0.5) is 0 Å². The van der Waals surface area contributed by atoms with E-state index in [2.05, 4.69) is 84.9 Å². The molecule has 0 rings (SSSR count). The number of hydrogen-bond donors (Lipinski definition) is 0. The Hall–Kier alpha value is -1.91. The zero-order valence-electron chi connectivity index (χ0n) is 28.9. The number of hydrogen-bond acceptors (Lipinski definition) is 3. The first-order chi connectivity index (χ1) is 19.7. The summed E-state index contributed by atoms with van der Waals surface area (Å²) in [6.45, 7) is 21.0. The van der Waals surface area contributed by atoms with E-state index in [9.17, 15) is 8.42 Å². The highest BCUT2D eigenvalue weighted by Gasteiger charge is 2.15. The van der Waals surface area contributed by atoms with Gasteiger partial charge in [-0.05, 0) is 146 Å². The van der Waals surface area contributed by atoms with E-state index in [1.165, 1.54) is 46.3 Å². The van der Waals surface area contributed by atoms with Gasteiger partial charge in [0.1, 0.15) is 0 Å². The van der Waals surface area contributed by atoms with Crippen LogP contribution in [0.3, 0.4) is 0 Å². The molecule has 0 aliphatic rings. The lowest BCUT2D eigenvalue weighted by atomic mass is 10.0. The first-order valence-corrected chi connectivity index (χ1v) is 17.7. The second-order valence-corrected chi connectivity index (χ2v) is 14.8. The molecule has 0 aliphatic heterocycles. The summed E-state index contributed by atoms with van der Waals surface area (Å²) >= 11 is 0. The third kappa shape index (κ3) is 23.6. The molecule has 0 saturated heterocycles. The van der Waals surface area contributed by atoms with Crippen molar-refractivity contribution in [1.82, 2.24) is 0 Å². The van der Waals surface area contributed by atoms with Crippen molar-refractivity contribution < 1.29 is 12.6 Å². The van der Waals surface area contributed by atoms with E-state index < -0.39 is 15.4 Å². The van der Waals surface area contributed by atoms with Gasteiger partial charge in [-0.2, -0.15) is 8.42 Å². The summed E-state index contributed by atoms with van der Waals surface area (Å²) in [5.41, 5.74) is 9.97. The summed E-state index contributed by atoms with van der Waals surface area (Å²) in [4.78, 5) is 0. The van der Waals surface area contributed by atoms with Crippen LogP contribution in [0.25, 0.3) is 0 Å².